The van der Waals surface area contributed by atoms with E-state index in [1.807, 2.05) is 24.3 Å². The topological polar surface area (TPSA) is 39.7 Å². The summed E-state index contributed by atoms with van der Waals surface area (Å²) < 4.78 is 15.6. The molecule has 0 radical (unpaired) electrons. The zero-order valence-corrected chi connectivity index (χ0v) is 12.1. The first kappa shape index (κ1) is 16.2. The lowest BCUT2D eigenvalue weighted by Gasteiger charge is -2.08. The van der Waals surface area contributed by atoms with Gasteiger partial charge in [0.05, 0.1) is 33.0 Å². The number of alkyl halides is 1. The van der Waals surface area contributed by atoms with Gasteiger partial charge in [0.1, 0.15) is 0 Å². The Labute approximate surface area is 120 Å². The van der Waals surface area contributed by atoms with Crippen molar-refractivity contribution < 1.29 is 14.2 Å². The highest BCUT2D eigenvalue weighted by Crippen LogP contribution is 2.10. The molecule has 4 nitrogen and oxygen atoms in total. The molecule has 0 saturated heterocycles. The van der Waals surface area contributed by atoms with Crippen LogP contribution < -0.4 is 5.32 Å². The molecule has 1 N–H and O–H groups in total. The number of rotatable bonds is 11. The summed E-state index contributed by atoms with van der Waals surface area (Å²) in [5, 5.41) is 3.28. The summed E-state index contributed by atoms with van der Waals surface area (Å²) in [6, 6.07) is 8.07. The first-order chi connectivity index (χ1) is 9.36. The quantitative estimate of drug-likeness (QED) is 0.501. The summed E-state index contributed by atoms with van der Waals surface area (Å²) in [6.07, 6.45) is 0. The molecule has 0 spiro atoms. The van der Waals surface area contributed by atoms with Gasteiger partial charge in [-0.25, -0.2) is 0 Å². The van der Waals surface area contributed by atoms with Gasteiger partial charge >= 0.3 is 0 Å². The van der Waals surface area contributed by atoms with Crippen LogP contribution in [0.3, 0.4) is 0 Å². The smallest absolute Gasteiger partial charge is 0.0701 e. The van der Waals surface area contributed by atoms with Crippen LogP contribution in [-0.2, 0) is 20.1 Å². The fraction of sp³-hybridized carbons (Fsp3) is 0.571. The first-order valence-corrected chi connectivity index (χ1v) is 6.93. The van der Waals surface area contributed by atoms with E-state index in [0.717, 1.165) is 17.8 Å². The van der Waals surface area contributed by atoms with Crippen molar-refractivity contribution in [1.82, 2.24) is 0 Å². The third-order valence-electron chi connectivity index (χ3n) is 2.49. The molecule has 0 aliphatic carbocycles. The Morgan fingerprint density at radius 3 is 2.21 bits per heavy atom. The second-order valence-corrected chi connectivity index (χ2v) is 4.24. The van der Waals surface area contributed by atoms with Gasteiger partial charge in [0.2, 0.25) is 0 Å². The third kappa shape index (κ3) is 8.06. The standard InChI is InChI=1S/C14H22ClNO3/c1-17-8-9-19-11-10-18-7-6-16-14-4-2-13(12-15)3-5-14/h2-5,16H,6-12H2,1H3. The van der Waals surface area contributed by atoms with Gasteiger partial charge in [-0.15, -0.1) is 11.6 Å². The molecule has 108 valence electrons. The highest BCUT2D eigenvalue weighted by molar-refractivity contribution is 6.17. The highest BCUT2D eigenvalue weighted by Gasteiger charge is 1.94. The fourth-order valence-electron chi connectivity index (χ4n) is 1.44. The number of ether oxygens (including phenoxy) is 3. The van der Waals surface area contributed by atoms with Crippen LogP contribution in [0.1, 0.15) is 5.56 Å². The number of hydrogen-bond donors (Lipinski definition) is 1. The predicted octanol–water partition coefficient (Wildman–Crippen LogP) is 2.52. The van der Waals surface area contributed by atoms with E-state index in [1.54, 1.807) is 7.11 Å². The normalized spacial score (nSPS) is 10.6. The van der Waals surface area contributed by atoms with Crippen LogP contribution >= 0.6 is 11.6 Å². The minimum atomic E-state index is 0.548. The average Bonchev–Trinajstić information content (AvgIpc) is 2.46. The second kappa shape index (κ2) is 11.1. The zero-order valence-electron chi connectivity index (χ0n) is 11.4. The largest absolute Gasteiger partial charge is 0.383 e. The summed E-state index contributed by atoms with van der Waals surface area (Å²) in [4.78, 5) is 0. The summed E-state index contributed by atoms with van der Waals surface area (Å²) in [7, 11) is 1.66. The molecule has 1 aromatic carbocycles. The molecule has 1 rings (SSSR count). The van der Waals surface area contributed by atoms with Crippen molar-refractivity contribution in [2.75, 3.05) is 52.0 Å². The van der Waals surface area contributed by atoms with E-state index in [9.17, 15) is 0 Å². The van der Waals surface area contributed by atoms with Crippen molar-refractivity contribution in [2.24, 2.45) is 0 Å². The number of anilines is 1. The van der Waals surface area contributed by atoms with E-state index in [-0.39, 0.29) is 0 Å². The van der Waals surface area contributed by atoms with E-state index < -0.39 is 0 Å². The van der Waals surface area contributed by atoms with E-state index in [1.165, 1.54) is 0 Å². The molecular weight excluding hydrogens is 266 g/mol. The molecular formula is C14H22ClNO3. The van der Waals surface area contributed by atoms with Crippen molar-refractivity contribution in [2.45, 2.75) is 5.88 Å². The molecule has 5 heteroatoms. The van der Waals surface area contributed by atoms with Crippen molar-refractivity contribution in [1.29, 1.82) is 0 Å². The molecule has 0 saturated carbocycles. The van der Waals surface area contributed by atoms with Crippen LogP contribution in [0.25, 0.3) is 0 Å². The third-order valence-corrected chi connectivity index (χ3v) is 2.80. The molecule has 0 bridgehead atoms. The van der Waals surface area contributed by atoms with Crippen LogP contribution in [0, 0.1) is 0 Å². The lowest BCUT2D eigenvalue weighted by atomic mass is 10.2. The maximum atomic E-state index is 5.73. The van der Waals surface area contributed by atoms with Gasteiger partial charge < -0.3 is 19.5 Å². The molecule has 0 unspecified atom stereocenters. The first-order valence-electron chi connectivity index (χ1n) is 6.40. The number of methoxy groups -OCH3 is 1. The molecule has 0 aliphatic rings. The monoisotopic (exact) mass is 287 g/mol. The molecule has 0 atom stereocenters. The van der Waals surface area contributed by atoms with E-state index in [2.05, 4.69) is 5.32 Å². The van der Waals surface area contributed by atoms with Crippen LogP contribution in [0.2, 0.25) is 0 Å². The summed E-state index contributed by atoms with van der Waals surface area (Å²) in [6.45, 7) is 3.89. The summed E-state index contributed by atoms with van der Waals surface area (Å²) in [5.74, 6) is 0.548. The van der Waals surface area contributed by atoms with Crippen molar-refractivity contribution in [3.05, 3.63) is 29.8 Å². The van der Waals surface area contributed by atoms with Gasteiger partial charge in [-0.3, -0.25) is 0 Å². The molecule has 0 amide bonds. The SMILES string of the molecule is COCCOCCOCCNc1ccc(CCl)cc1. The predicted molar refractivity (Wildman–Crippen MR) is 78.0 cm³/mol. The Morgan fingerprint density at radius 2 is 1.58 bits per heavy atom. The second-order valence-electron chi connectivity index (χ2n) is 3.97. The molecule has 19 heavy (non-hydrogen) atoms. The van der Waals surface area contributed by atoms with Crippen molar-refractivity contribution in [3.63, 3.8) is 0 Å². The van der Waals surface area contributed by atoms with Crippen LogP contribution in [-0.4, -0.2) is 46.7 Å². The lowest BCUT2D eigenvalue weighted by molar-refractivity contribution is 0.0272. The Balaban J connectivity index is 1.95. The number of benzene rings is 1. The number of nitrogens with one attached hydrogen (secondary N) is 1. The molecule has 0 heterocycles. The van der Waals surface area contributed by atoms with E-state index in [0.29, 0.717) is 38.9 Å². The van der Waals surface area contributed by atoms with Gasteiger partial charge in [0, 0.05) is 25.2 Å². The average molecular weight is 288 g/mol. The van der Waals surface area contributed by atoms with Crippen LogP contribution in [0.4, 0.5) is 5.69 Å². The molecule has 0 aromatic heterocycles. The fourth-order valence-corrected chi connectivity index (χ4v) is 1.62. The Morgan fingerprint density at radius 1 is 0.947 bits per heavy atom. The maximum absolute atomic E-state index is 5.73. The minimum Gasteiger partial charge on any atom is -0.383 e. The van der Waals surface area contributed by atoms with Gasteiger partial charge in [0.15, 0.2) is 0 Å². The highest BCUT2D eigenvalue weighted by atomic mass is 35.5. The number of halogens is 1. The van der Waals surface area contributed by atoms with Crippen LogP contribution in [0.15, 0.2) is 24.3 Å². The van der Waals surface area contributed by atoms with Gasteiger partial charge in [0.25, 0.3) is 0 Å². The zero-order chi connectivity index (χ0) is 13.8. The lowest BCUT2D eigenvalue weighted by Crippen LogP contribution is -2.13. The van der Waals surface area contributed by atoms with Crippen LogP contribution in [0.5, 0.6) is 0 Å². The maximum Gasteiger partial charge on any atom is 0.0701 e. The Bertz CT molecular complexity index is 319. The van der Waals surface area contributed by atoms with E-state index >= 15 is 0 Å². The summed E-state index contributed by atoms with van der Waals surface area (Å²) in [5.41, 5.74) is 2.20. The number of hydrogen-bond acceptors (Lipinski definition) is 4. The van der Waals surface area contributed by atoms with E-state index in [4.69, 9.17) is 25.8 Å². The Kier molecular flexibility index (Phi) is 9.45. The van der Waals surface area contributed by atoms with Gasteiger partial charge in [-0.2, -0.15) is 0 Å². The van der Waals surface area contributed by atoms with Crippen molar-refractivity contribution in [3.8, 4) is 0 Å². The Hall–Kier alpha value is -0.810. The molecule has 1 aromatic rings. The molecule has 0 fully saturated rings. The summed E-state index contributed by atoms with van der Waals surface area (Å²) >= 11 is 5.73. The van der Waals surface area contributed by atoms with Crippen molar-refractivity contribution >= 4 is 17.3 Å². The van der Waals surface area contributed by atoms with Gasteiger partial charge in [-0.05, 0) is 17.7 Å². The van der Waals surface area contributed by atoms with Gasteiger partial charge in [-0.1, -0.05) is 12.1 Å². The molecule has 0 aliphatic heterocycles. The minimum absolute atomic E-state index is 0.548.